The second-order valence-corrected chi connectivity index (χ2v) is 4.23. The van der Waals surface area contributed by atoms with Crippen LogP contribution >= 0.6 is 0 Å². The van der Waals surface area contributed by atoms with Gasteiger partial charge in [-0.2, -0.15) is 5.10 Å². The average molecular weight is 198 g/mol. The molecule has 0 aliphatic heterocycles. The van der Waals surface area contributed by atoms with Gasteiger partial charge < -0.3 is 16.9 Å². The van der Waals surface area contributed by atoms with Crippen LogP contribution in [0.25, 0.3) is 0 Å². The highest BCUT2D eigenvalue weighted by Gasteiger charge is 2.15. The van der Waals surface area contributed by atoms with E-state index in [1.54, 1.807) is 0 Å². The molecule has 1 atom stereocenters. The Morgan fingerprint density at radius 2 is 2.07 bits per heavy atom. The maximum Gasteiger partial charge on any atom is 0.120 e. The van der Waals surface area contributed by atoms with Crippen molar-refractivity contribution in [1.82, 2.24) is 5.32 Å². The van der Waals surface area contributed by atoms with Crippen molar-refractivity contribution >= 4 is 5.84 Å². The van der Waals surface area contributed by atoms with Crippen LogP contribution in [0.2, 0.25) is 0 Å². The summed E-state index contributed by atoms with van der Waals surface area (Å²) in [7, 11) is 0. The summed E-state index contributed by atoms with van der Waals surface area (Å²) in [6.45, 7) is 2.13. The van der Waals surface area contributed by atoms with Gasteiger partial charge in [0.1, 0.15) is 5.84 Å². The lowest BCUT2D eigenvalue weighted by molar-refractivity contribution is 0.346. The van der Waals surface area contributed by atoms with Gasteiger partial charge in [0.25, 0.3) is 0 Å². The fraction of sp³-hybridized carbons (Fsp3) is 0.900. The molecular weight excluding hydrogens is 176 g/mol. The van der Waals surface area contributed by atoms with Gasteiger partial charge in [0.15, 0.2) is 0 Å². The van der Waals surface area contributed by atoms with Gasteiger partial charge >= 0.3 is 0 Å². The zero-order chi connectivity index (χ0) is 10.4. The predicted octanol–water partition coefficient (Wildman–Crippen LogP) is 0.918. The van der Waals surface area contributed by atoms with Crippen molar-refractivity contribution in [3.8, 4) is 0 Å². The molecule has 1 aliphatic carbocycles. The maximum atomic E-state index is 5.56. The molecule has 14 heavy (non-hydrogen) atoms. The van der Waals surface area contributed by atoms with Gasteiger partial charge in [0.05, 0.1) is 0 Å². The van der Waals surface area contributed by atoms with Crippen LogP contribution in [-0.4, -0.2) is 17.9 Å². The lowest BCUT2D eigenvalue weighted by atomic mass is 9.95. The largest absolute Gasteiger partial charge is 0.386 e. The molecule has 82 valence electrons. The van der Waals surface area contributed by atoms with Crippen LogP contribution < -0.4 is 16.9 Å². The Kier molecular flexibility index (Phi) is 4.73. The molecule has 5 N–H and O–H groups in total. The Balaban J connectivity index is 2.21. The number of hydrogen-bond donors (Lipinski definition) is 3. The van der Waals surface area contributed by atoms with Gasteiger partial charge in [0.2, 0.25) is 0 Å². The van der Waals surface area contributed by atoms with Crippen LogP contribution in [0.1, 0.15) is 45.4 Å². The Bertz CT molecular complexity index is 185. The van der Waals surface area contributed by atoms with Crippen molar-refractivity contribution in [2.45, 2.75) is 57.5 Å². The summed E-state index contributed by atoms with van der Waals surface area (Å²) in [5.41, 5.74) is 5.56. The van der Waals surface area contributed by atoms with E-state index in [9.17, 15) is 0 Å². The first-order valence-corrected chi connectivity index (χ1v) is 5.50. The van der Waals surface area contributed by atoms with Crippen LogP contribution in [0, 0.1) is 0 Å². The van der Waals surface area contributed by atoms with Gasteiger partial charge in [-0.3, -0.25) is 0 Å². The fourth-order valence-corrected chi connectivity index (χ4v) is 2.10. The third-order valence-corrected chi connectivity index (χ3v) is 2.81. The van der Waals surface area contributed by atoms with Gasteiger partial charge in [-0.05, 0) is 19.8 Å². The predicted molar refractivity (Wildman–Crippen MR) is 59.9 cm³/mol. The van der Waals surface area contributed by atoms with Crippen LogP contribution in [-0.2, 0) is 0 Å². The number of rotatable bonds is 4. The SMILES string of the molecule is CC(C/C(N)=N/N)NC1CCCCC1. The molecule has 4 nitrogen and oxygen atoms in total. The van der Waals surface area contributed by atoms with Crippen molar-refractivity contribution in [3.05, 3.63) is 0 Å². The number of hydrazone groups is 1. The maximum absolute atomic E-state index is 5.56. The van der Waals surface area contributed by atoms with Crippen LogP contribution in [0.3, 0.4) is 0 Å². The van der Waals surface area contributed by atoms with E-state index in [4.69, 9.17) is 11.6 Å². The minimum absolute atomic E-state index is 0.380. The normalized spacial score (nSPS) is 22.2. The minimum atomic E-state index is 0.380. The number of amidine groups is 1. The van der Waals surface area contributed by atoms with E-state index < -0.39 is 0 Å². The smallest absolute Gasteiger partial charge is 0.120 e. The second-order valence-electron chi connectivity index (χ2n) is 4.23. The van der Waals surface area contributed by atoms with Gasteiger partial charge in [-0.15, -0.1) is 0 Å². The van der Waals surface area contributed by atoms with Crippen molar-refractivity contribution in [1.29, 1.82) is 0 Å². The van der Waals surface area contributed by atoms with Crippen LogP contribution in [0.5, 0.6) is 0 Å². The Morgan fingerprint density at radius 1 is 1.43 bits per heavy atom. The molecular formula is C10H22N4. The molecule has 0 aromatic carbocycles. The molecule has 0 amide bonds. The highest BCUT2D eigenvalue weighted by molar-refractivity contribution is 5.80. The van der Waals surface area contributed by atoms with Gasteiger partial charge in [0, 0.05) is 18.5 Å². The van der Waals surface area contributed by atoms with E-state index in [0.29, 0.717) is 17.9 Å². The first-order valence-electron chi connectivity index (χ1n) is 5.50. The van der Waals surface area contributed by atoms with Crippen LogP contribution in [0.15, 0.2) is 5.10 Å². The van der Waals surface area contributed by atoms with Crippen molar-refractivity contribution in [2.75, 3.05) is 0 Å². The molecule has 1 unspecified atom stereocenters. The summed E-state index contributed by atoms with van der Waals surface area (Å²) in [5.74, 6) is 5.62. The van der Waals surface area contributed by atoms with E-state index in [-0.39, 0.29) is 0 Å². The Hall–Kier alpha value is -0.770. The van der Waals surface area contributed by atoms with E-state index in [2.05, 4.69) is 17.3 Å². The number of nitrogens with one attached hydrogen (secondary N) is 1. The quantitative estimate of drug-likeness (QED) is 0.272. The standard InChI is InChI=1S/C10H22N4/c1-8(7-10(11)14-12)13-9-5-3-2-4-6-9/h8-9,13H,2-7,12H2,1H3,(H2,11,14). The van der Waals surface area contributed by atoms with E-state index in [1.165, 1.54) is 32.1 Å². The topological polar surface area (TPSA) is 76.4 Å². The number of hydrogen-bond acceptors (Lipinski definition) is 3. The van der Waals surface area contributed by atoms with Gasteiger partial charge in [-0.25, -0.2) is 0 Å². The molecule has 0 heterocycles. The lowest BCUT2D eigenvalue weighted by Crippen LogP contribution is -2.40. The highest BCUT2D eigenvalue weighted by atomic mass is 15.2. The highest BCUT2D eigenvalue weighted by Crippen LogP contribution is 2.17. The van der Waals surface area contributed by atoms with Crippen molar-refractivity contribution < 1.29 is 0 Å². The summed E-state index contributed by atoms with van der Waals surface area (Å²) in [5, 5.41) is 7.04. The Morgan fingerprint density at radius 3 is 2.64 bits per heavy atom. The molecule has 0 saturated heterocycles. The average Bonchev–Trinajstić information content (AvgIpc) is 2.19. The van der Waals surface area contributed by atoms with Gasteiger partial charge in [-0.1, -0.05) is 19.3 Å². The molecule has 0 spiro atoms. The first-order chi connectivity index (χ1) is 6.72. The molecule has 1 aliphatic rings. The lowest BCUT2D eigenvalue weighted by Gasteiger charge is -2.26. The molecule has 1 rings (SSSR count). The van der Waals surface area contributed by atoms with E-state index in [1.807, 2.05) is 0 Å². The molecule has 0 aromatic heterocycles. The first kappa shape index (κ1) is 11.3. The fourth-order valence-electron chi connectivity index (χ4n) is 2.10. The number of nitrogens with zero attached hydrogens (tertiary/aromatic N) is 1. The monoisotopic (exact) mass is 198 g/mol. The summed E-state index contributed by atoms with van der Waals surface area (Å²) in [6, 6.07) is 1.05. The third-order valence-electron chi connectivity index (χ3n) is 2.81. The molecule has 1 fully saturated rings. The zero-order valence-electron chi connectivity index (χ0n) is 9.00. The van der Waals surface area contributed by atoms with Crippen molar-refractivity contribution in [2.24, 2.45) is 16.7 Å². The molecule has 4 heteroatoms. The summed E-state index contributed by atoms with van der Waals surface area (Å²) < 4.78 is 0. The summed E-state index contributed by atoms with van der Waals surface area (Å²) in [6.07, 6.45) is 7.43. The van der Waals surface area contributed by atoms with Crippen LogP contribution in [0.4, 0.5) is 0 Å². The second kappa shape index (κ2) is 5.86. The minimum Gasteiger partial charge on any atom is -0.386 e. The Labute approximate surface area is 86.1 Å². The molecule has 1 saturated carbocycles. The molecule has 0 aromatic rings. The van der Waals surface area contributed by atoms with E-state index in [0.717, 1.165) is 6.42 Å². The molecule has 0 bridgehead atoms. The summed E-state index contributed by atoms with van der Waals surface area (Å²) >= 11 is 0. The summed E-state index contributed by atoms with van der Waals surface area (Å²) in [4.78, 5) is 0. The number of nitrogens with two attached hydrogens (primary N) is 2. The zero-order valence-corrected chi connectivity index (χ0v) is 9.00. The van der Waals surface area contributed by atoms with E-state index >= 15 is 0 Å². The molecule has 0 radical (unpaired) electrons. The van der Waals surface area contributed by atoms with Crippen molar-refractivity contribution in [3.63, 3.8) is 0 Å². The third kappa shape index (κ3) is 3.96.